The first kappa shape index (κ1) is 12.3. The summed E-state index contributed by atoms with van der Waals surface area (Å²) in [6.45, 7) is 2.49. The van der Waals surface area contributed by atoms with Crippen molar-refractivity contribution in [1.82, 2.24) is 0 Å². The molecular weight excluding hydrogens is 200 g/mol. The molecule has 0 aromatic heterocycles. The molecule has 16 heavy (non-hydrogen) atoms. The van der Waals surface area contributed by atoms with Crippen LogP contribution in [0.3, 0.4) is 0 Å². The van der Waals surface area contributed by atoms with E-state index in [1.54, 1.807) is 12.3 Å². The molecule has 1 rings (SSSR count). The molecule has 0 atom stereocenters. The summed E-state index contributed by atoms with van der Waals surface area (Å²) in [7, 11) is 0. The van der Waals surface area contributed by atoms with Crippen LogP contribution < -0.4 is 0 Å². The molecule has 0 N–H and O–H groups in total. The minimum atomic E-state index is 0.354. The zero-order valence-corrected chi connectivity index (χ0v) is 9.52. The van der Waals surface area contributed by atoms with Gasteiger partial charge in [-0.1, -0.05) is 36.7 Å². The van der Waals surface area contributed by atoms with E-state index in [2.05, 4.69) is 18.1 Å². The first-order chi connectivity index (χ1) is 7.88. The minimum Gasteiger partial charge on any atom is -0.391 e. The van der Waals surface area contributed by atoms with E-state index in [0.29, 0.717) is 12.2 Å². The molecule has 3 nitrogen and oxygen atoms in total. The van der Waals surface area contributed by atoms with E-state index in [9.17, 15) is 0 Å². The second-order valence-corrected chi connectivity index (χ2v) is 3.47. The van der Waals surface area contributed by atoms with Gasteiger partial charge in [0.2, 0.25) is 0 Å². The average molecular weight is 216 g/mol. The highest BCUT2D eigenvalue weighted by molar-refractivity contribution is 5.56. The third-order valence-electron chi connectivity index (χ3n) is 2.19. The van der Waals surface area contributed by atoms with Crippen molar-refractivity contribution >= 4 is 6.21 Å². The Kier molecular flexibility index (Phi) is 5.72. The van der Waals surface area contributed by atoms with Crippen molar-refractivity contribution in [2.45, 2.75) is 32.8 Å². The molecule has 3 heteroatoms. The van der Waals surface area contributed by atoms with Gasteiger partial charge in [0.1, 0.15) is 6.61 Å². The number of oxime groups is 1. The number of hydrogen-bond acceptors (Lipinski definition) is 3. The van der Waals surface area contributed by atoms with Gasteiger partial charge in [-0.15, -0.1) is 0 Å². The predicted molar refractivity (Wildman–Crippen MR) is 64.0 cm³/mol. The normalized spacial score (nSPS) is 10.2. The van der Waals surface area contributed by atoms with Crippen LogP contribution >= 0.6 is 0 Å². The largest absolute Gasteiger partial charge is 0.391 e. The first-order valence-corrected chi connectivity index (χ1v) is 5.50. The maximum atomic E-state index is 8.85. The van der Waals surface area contributed by atoms with Gasteiger partial charge < -0.3 is 4.84 Å². The molecular formula is C13H16N2O. The summed E-state index contributed by atoms with van der Waals surface area (Å²) >= 11 is 0. The molecule has 0 aliphatic heterocycles. The molecule has 1 aromatic carbocycles. The van der Waals surface area contributed by atoms with Gasteiger partial charge in [0, 0.05) is 11.8 Å². The summed E-state index contributed by atoms with van der Waals surface area (Å²) in [6.07, 6.45) is 5.00. The highest BCUT2D eigenvalue weighted by Gasteiger charge is 1.99. The van der Waals surface area contributed by atoms with Gasteiger partial charge in [-0.05, 0) is 18.9 Å². The van der Waals surface area contributed by atoms with E-state index >= 15 is 0 Å². The van der Waals surface area contributed by atoms with Crippen LogP contribution in [0.4, 0.5) is 0 Å². The van der Waals surface area contributed by atoms with Gasteiger partial charge >= 0.3 is 0 Å². The summed E-state index contributed by atoms with van der Waals surface area (Å²) in [4.78, 5) is 5.13. The van der Waals surface area contributed by atoms with Crippen molar-refractivity contribution in [1.29, 1.82) is 5.26 Å². The third kappa shape index (κ3) is 4.14. The lowest BCUT2D eigenvalue weighted by Gasteiger charge is -2.01. The number of nitrogens with zero attached hydrogens (tertiary/aromatic N) is 2. The van der Waals surface area contributed by atoms with Crippen molar-refractivity contribution in [3.8, 4) is 6.07 Å². The highest BCUT2D eigenvalue weighted by atomic mass is 16.6. The molecule has 0 bridgehead atoms. The molecule has 1 aromatic rings. The standard InChI is InChI=1S/C13H16N2O/c1-2-3-6-9-15-16-11-13-8-5-4-7-12(13)10-14/h4-5,7-9H,2-3,6,11H2,1H3. The number of unbranched alkanes of at least 4 members (excludes halogenated alkanes) is 2. The zero-order chi connectivity index (χ0) is 11.6. The van der Waals surface area contributed by atoms with Crippen molar-refractivity contribution < 1.29 is 4.84 Å². The number of benzene rings is 1. The van der Waals surface area contributed by atoms with Crippen LogP contribution in [0.25, 0.3) is 0 Å². The molecule has 0 spiro atoms. The SMILES string of the molecule is CCCCC=NOCc1ccccc1C#N. The molecule has 0 fully saturated rings. The Hall–Kier alpha value is -1.82. The van der Waals surface area contributed by atoms with Crippen molar-refractivity contribution in [3.63, 3.8) is 0 Å². The molecule has 0 aliphatic carbocycles. The fraction of sp³-hybridized carbons (Fsp3) is 0.385. The van der Waals surface area contributed by atoms with E-state index in [1.165, 1.54) is 0 Å². The Balaban J connectivity index is 2.37. The second-order valence-electron chi connectivity index (χ2n) is 3.47. The Morgan fingerprint density at radius 3 is 3.00 bits per heavy atom. The lowest BCUT2D eigenvalue weighted by atomic mass is 10.1. The van der Waals surface area contributed by atoms with Crippen LogP contribution in [0.15, 0.2) is 29.4 Å². The molecule has 84 valence electrons. The lowest BCUT2D eigenvalue weighted by molar-refractivity contribution is 0.131. The Morgan fingerprint density at radius 2 is 2.25 bits per heavy atom. The van der Waals surface area contributed by atoms with E-state index in [1.807, 2.05) is 18.2 Å². The fourth-order valence-corrected chi connectivity index (χ4v) is 1.26. The topological polar surface area (TPSA) is 45.4 Å². The molecule has 0 radical (unpaired) electrons. The third-order valence-corrected chi connectivity index (χ3v) is 2.19. The van der Waals surface area contributed by atoms with Crippen LogP contribution in [0.5, 0.6) is 0 Å². The van der Waals surface area contributed by atoms with E-state index in [-0.39, 0.29) is 0 Å². The Bertz CT molecular complexity index is 380. The number of rotatable bonds is 6. The van der Waals surface area contributed by atoms with Gasteiger partial charge in [0.05, 0.1) is 11.6 Å². The second kappa shape index (κ2) is 7.47. The first-order valence-electron chi connectivity index (χ1n) is 5.50. The Labute approximate surface area is 96.3 Å². The van der Waals surface area contributed by atoms with E-state index < -0.39 is 0 Å². The molecule has 0 heterocycles. The summed E-state index contributed by atoms with van der Waals surface area (Å²) in [6, 6.07) is 9.51. The quantitative estimate of drug-likeness (QED) is 0.416. The summed E-state index contributed by atoms with van der Waals surface area (Å²) in [5.41, 5.74) is 1.52. The van der Waals surface area contributed by atoms with Gasteiger partial charge in [-0.2, -0.15) is 5.26 Å². The number of nitriles is 1. The molecule has 0 aliphatic rings. The fourth-order valence-electron chi connectivity index (χ4n) is 1.26. The van der Waals surface area contributed by atoms with Gasteiger partial charge in [-0.25, -0.2) is 0 Å². The van der Waals surface area contributed by atoms with E-state index in [0.717, 1.165) is 24.8 Å². The van der Waals surface area contributed by atoms with Gasteiger partial charge in [-0.3, -0.25) is 0 Å². The van der Waals surface area contributed by atoms with Crippen molar-refractivity contribution in [2.75, 3.05) is 0 Å². The maximum absolute atomic E-state index is 8.85. The average Bonchev–Trinajstić information content (AvgIpc) is 2.34. The predicted octanol–water partition coefficient (Wildman–Crippen LogP) is 3.25. The van der Waals surface area contributed by atoms with Crippen LogP contribution in [-0.2, 0) is 11.4 Å². The summed E-state index contributed by atoms with van der Waals surface area (Å²) in [5, 5.41) is 12.7. The maximum Gasteiger partial charge on any atom is 0.143 e. The van der Waals surface area contributed by atoms with Crippen LogP contribution in [0.1, 0.15) is 37.3 Å². The summed E-state index contributed by atoms with van der Waals surface area (Å²) < 4.78 is 0. The molecule has 0 unspecified atom stereocenters. The Morgan fingerprint density at radius 1 is 1.44 bits per heavy atom. The van der Waals surface area contributed by atoms with Crippen LogP contribution in [0.2, 0.25) is 0 Å². The van der Waals surface area contributed by atoms with Gasteiger partial charge in [0.25, 0.3) is 0 Å². The van der Waals surface area contributed by atoms with Crippen LogP contribution in [-0.4, -0.2) is 6.21 Å². The van der Waals surface area contributed by atoms with E-state index in [4.69, 9.17) is 10.1 Å². The monoisotopic (exact) mass is 216 g/mol. The molecule has 0 saturated carbocycles. The van der Waals surface area contributed by atoms with Crippen LogP contribution in [0, 0.1) is 11.3 Å². The van der Waals surface area contributed by atoms with Crippen molar-refractivity contribution in [2.24, 2.45) is 5.16 Å². The molecule has 0 amide bonds. The lowest BCUT2D eigenvalue weighted by Crippen LogP contribution is -1.91. The zero-order valence-electron chi connectivity index (χ0n) is 9.52. The number of hydrogen-bond donors (Lipinski definition) is 0. The van der Waals surface area contributed by atoms with Crippen molar-refractivity contribution in [3.05, 3.63) is 35.4 Å². The summed E-state index contributed by atoms with van der Waals surface area (Å²) in [5.74, 6) is 0. The minimum absolute atomic E-state index is 0.354. The van der Waals surface area contributed by atoms with Gasteiger partial charge in [0.15, 0.2) is 0 Å². The highest BCUT2D eigenvalue weighted by Crippen LogP contribution is 2.08. The smallest absolute Gasteiger partial charge is 0.143 e. The molecule has 0 saturated heterocycles.